The van der Waals surface area contributed by atoms with Crippen molar-refractivity contribution in [1.29, 1.82) is 0 Å². The van der Waals surface area contributed by atoms with Gasteiger partial charge >= 0.3 is 5.97 Å². The van der Waals surface area contributed by atoms with Crippen LogP contribution < -0.4 is 11.1 Å². The zero-order chi connectivity index (χ0) is 23.1. The van der Waals surface area contributed by atoms with Crippen molar-refractivity contribution in [2.24, 2.45) is 5.73 Å². The zero-order valence-corrected chi connectivity index (χ0v) is 17.2. The van der Waals surface area contributed by atoms with Crippen LogP contribution in [0.3, 0.4) is 0 Å². The summed E-state index contributed by atoms with van der Waals surface area (Å²) in [4.78, 5) is 36.6. The summed E-state index contributed by atoms with van der Waals surface area (Å²) in [5, 5.41) is 51.1. The second kappa shape index (κ2) is 8.62. The minimum absolute atomic E-state index is 0.0159. The van der Waals surface area contributed by atoms with Gasteiger partial charge in [0.05, 0.1) is 19.0 Å². The van der Waals surface area contributed by atoms with E-state index in [1.807, 2.05) is 0 Å². The summed E-state index contributed by atoms with van der Waals surface area (Å²) in [5.74, 6) is -3.15. The first kappa shape index (κ1) is 23.3. The Morgan fingerprint density at radius 1 is 1.39 bits per heavy atom. The lowest BCUT2D eigenvalue weighted by Gasteiger charge is -2.26. The normalized spacial score (nSPS) is 26.5. The molecule has 1 saturated heterocycles. The highest BCUT2D eigenvalue weighted by molar-refractivity contribution is 7.98. The smallest absolute Gasteiger partial charge is 0.336 e. The highest BCUT2D eigenvalue weighted by atomic mass is 32.2. The van der Waals surface area contributed by atoms with E-state index < -0.39 is 54.7 Å². The lowest BCUT2D eigenvalue weighted by molar-refractivity contribution is -0.152. The SMILES string of the molecule is CSc1nc(NC(=O)[C@@](N)(C(=O)O)[C@@H](C)O)c2ncn([C@@H]3O[C@H](CO)[C@@H](O)[C@H]3O)c2n1. The summed E-state index contributed by atoms with van der Waals surface area (Å²) < 4.78 is 6.78. The molecule has 8 N–H and O–H groups in total. The number of anilines is 1. The standard InChI is InChI=1S/C16H22N6O8S/c1-5(24)16(17,14(28)29)13(27)19-10-7-11(21-15(20-10)31-2)22(4-18-7)12-9(26)8(25)6(3-23)30-12/h4-6,8-9,12,23-26H,3,17H2,1-2H3,(H,28,29)(H,19,20,21,27)/t5-,6-,8-,9-,12-,16-/m1/s1. The predicted octanol–water partition coefficient (Wildman–Crippen LogP) is -2.74. The summed E-state index contributed by atoms with van der Waals surface area (Å²) in [6.07, 6.45) is -3.78. The van der Waals surface area contributed by atoms with E-state index in [2.05, 4.69) is 20.3 Å². The van der Waals surface area contributed by atoms with Gasteiger partial charge in [-0.15, -0.1) is 0 Å². The molecule has 6 atom stereocenters. The molecule has 3 rings (SSSR count). The number of nitrogens with zero attached hydrogens (tertiary/aromatic N) is 4. The van der Waals surface area contributed by atoms with Crippen LogP contribution in [0.1, 0.15) is 13.2 Å². The van der Waals surface area contributed by atoms with Crippen LogP contribution in [0, 0.1) is 0 Å². The Hall–Kier alpha value is -2.40. The van der Waals surface area contributed by atoms with Crippen LogP contribution in [0.2, 0.25) is 0 Å². The molecule has 14 nitrogen and oxygen atoms in total. The number of carboxylic acids is 1. The number of carbonyl (C=O) groups excluding carboxylic acids is 1. The predicted molar refractivity (Wildman–Crippen MR) is 105 cm³/mol. The van der Waals surface area contributed by atoms with Crippen LogP contribution in [0.5, 0.6) is 0 Å². The molecule has 1 aliphatic rings. The van der Waals surface area contributed by atoms with Gasteiger partial charge in [-0.3, -0.25) is 9.36 Å². The molecule has 1 fully saturated rings. The molecular formula is C16H22N6O8S. The molecule has 170 valence electrons. The molecule has 0 unspecified atom stereocenters. The Morgan fingerprint density at radius 2 is 2.06 bits per heavy atom. The molecule has 0 saturated carbocycles. The van der Waals surface area contributed by atoms with Gasteiger partial charge in [0.25, 0.3) is 5.91 Å². The van der Waals surface area contributed by atoms with Crippen LogP contribution in [-0.2, 0) is 14.3 Å². The fourth-order valence-electron chi connectivity index (χ4n) is 3.05. The van der Waals surface area contributed by atoms with Gasteiger partial charge in [-0.1, -0.05) is 11.8 Å². The van der Waals surface area contributed by atoms with Crippen molar-refractivity contribution in [2.45, 2.75) is 48.3 Å². The number of nitrogens with one attached hydrogen (secondary N) is 1. The van der Waals surface area contributed by atoms with Gasteiger partial charge in [-0.05, 0) is 13.2 Å². The number of aliphatic hydroxyl groups excluding tert-OH is 4. The molecule has 0 aliphatic carbocycles. The van der Waals surface area contributed by atoms with E-state index in [1.54, 1.807) is 6.26 Å². The largest absolute Gasteiger partial charge is 0.479 e. The minimum Gasteiger partial charge on any atom is -0.479 e. The fraction of sp³-hybridized carbons (Fsp3) is 0.562. The maximum atomic E-state index is 12.6. The summed E-state index contributed by atoms with van der Waals surface area (Å²) in [6, 6.07) is 0. The number of aliphatic carboxylic acids is 1. The number of fused-ring (bicyclic) bond motifs is 1. The molecule has 15 heteroatoms. The first-order chi connectivity index (χ1) is 14.6. The van der Waals surface area contributed by atoms with Crippen molar-refractivity contribution >= 4 is 40.6 Å². The number of carboxylic acid groups (broad SMARTS) is 1. The van der Waals surface area contributed by atoms with Gasteiger partial charge in [0, 0.05) is 0 Å². The van der Waals surface area contributed by atoms with E-state index in [-0.39, 0.29) is 22.1 Å². The van der Waals surface area contributed by atoms with Crippen molar-refractivity contribution in [3.8, 4) is 0 Å². The molecule has 2 aromatic heterocycles. The highest BCUT2D eigenvalue weighted by Gasteiger charge is 2.48. The monoisotopic (exact) mass is 458 g/mol. The second-order valence-corrected chi connectivity index (χ2v) is 7.69. The molecular weight excluding hydrogens is 436 g/mol. The molecule has 0 bridgehead atoms. The summed E-state index contributed by atoms with van der Waals surface area (Å²) in [6.45, 7) is 0.536. The third-order valence-corrected chi connectivity index (χ3v) is 5.54. The Labute approximate surface area is 179 Å². The lowest BCUT2D eigenvalue weighted by atomic mass is 9.93. The minimum atomic E-state index is -2.65. The van der Waals surface area contributed by atoms with Crippen molar-refractivity contribution in [1.82, 2.24) is 19.5 Å². The van der Waals surface area contributed by atoms with Crippen molar-refractivity contribution in [3.05, 3.63) is 6.33 Å². The third kappa shape index (κ3) is 3.84. The Balaban J connectivity index is 2.05. The van der Waals surface area contributed by atoms with E-state index in [0.717, 1.165) is 18.7 Å². The number of imidazole rings is 1. The highest BCUT2D eigenvalue weighted by Crippen LogP contribution is 2.33. The van der Waals surface area contributed by atoms with Crippen LogP contribution in [-0.4, -0.2) is 99.7 Å². The van der Waals surface area contributed by atoms with E-state index in [1.165, 1.54) is 10.9 Å². The topological polar surface area (TPSA) is 226 Å². The van der Waals surface area contributed by atoms with Crippen molar-refractivity contribution < 1.29 is 39.9 Å². The molecule has 2 aromatic rings. The summed E-state index contributed by atoms with van der Waals surface area (Å²) >= 11 is 1.10. The number of aromatic nitrogens is 4. The number of hydrogen-bond acceptors (Lipinski definition) is 12. The van der Waals surface area contributed by atoms with Gasteiger partial charge in [-0.2, -0.15) is 0 Å². The van der Waals surface area contributed by atoms with Crippen molar-refractivity contribution in [3.63, 3.8) is 0 Å². The van der Waals surface area contributed by atoms with Gasteiger partial charge in [0.2, 0.25) is 5.54 Å². The molecule has 1 amide bonds. The second-order valence-electron chi connectivity index (χ2n) is 6.92. The molecule has 0 radical (unpaired) electrons. The zero-order valence-electron chi connectivity index (χ0n) is 16.4. The Morgan fingerprint density at radius 3 is 2.58 bits per heavy atom. The Kier molecular flexibility index (Phi) is 6.47. The van der Waals surface area contributed by atoms with Crippen LogP contribution in [0.25, 0.3) is 11.2 Å². The van der Waals surface area contributed by atoms with E-state index >= 15 is 0 Å². The number of amides is 1. The quantitative estimate of drug-likeness (QED) is 0.127. The molecule has 3 heterocycles. The number of hydrogen-bond donors (Lipinski definition) is 7. The average Bonchev–Trinajstić information content (AvgIpc) is 3.27. The molecule has 0 spiro atoms. The van der Waals surface area contributed by atoms with E-state index in [4.69, 9.17) is 10.5 Å². The van der Waals surface area contributed by atoms with Gasteiger partial charge < -0.3 is 41.3 Å². The first-order valence-corrected chi connectivity index (χ1v) is 10.2. The number of aliphatic hydroxyl groups is 4. The van der Waals surface area contributed by atoms with E-state index in [0.29, 0.717) is 0 Å². The number of thioether (sulfide) groups is 1. The number of rotatable bonds is 7. The van der Waals surface area contributed by atoms with Crippen molar-refractivity contribution in [2.75, 3.05) is 18.2 Å². The fourth-order valence-corrected chi connectivity index (χ4v) is 3.41. The number of ether oxygens (including phenoxy) is 1. The van der Waals surface area contributed by atoms with Gasteiger partial charge in [-0.25, -0.2) is 19.7 Å². The van der Waals surface area contributed by atoms with E-state index in [9.17, 15) is 35.1 Å². The third-order valence-electron chi connectivity index (χ3n) is 5.00. The van der Waals surface area contributed by atoms with Crippen LogP contribution in [0.4, 0.5) is 5.82 Å². The van der Waals surface area contributed by atoms with Gasteiger partial charge in [0.1, 0.15) is 18.3 Å². The first-order valence-electron chi connectivity index (χ1n) is 8.99. The molecule has 1 aliphatic heterocycles. The molecule has 31 heavy (non-hydrogen) atoms. The van der Waals surface area contributed by atoms with Crippen LogP contribution >= 0.6 is 11.8 Å². The number of carbonyl (C=O) groups is 2. The lowest BCUT2D eigenvalue weighted by Crippen LogP contribution is -2.64. The summed E-state index contributed by atoms with van der Waals surface area (Å²) in [7, 11) is 0. The maximum absolute atomic E-state index is 12.6. The van der Waals surface area contributed by atoms with Gasteiger partial charge in [0.15, 0.2) is 28.4 Å². The maximum Gasteiger partial charge on any atom is 0.336 e. The van der Waals surface area contributed by atoms with Crippen LogP contribution in [0.15, 0.2) is 11.5 Å². The summed E-state index contributed by atoms with van der Waals surface area (Å²) in [5.41, 5.74) is 3.08. The molecule has 0 aromatic carbocycles. The number of nitrogens with two attached hydrogens (primary N) is 1. The Bertz CT molecular complexity index is 1000. The average molecular weight is 458 g/mol.